The van der Waals surface area contributed by atoms with Crippen molar-refractivity contribution in [2.24, 2.45) is 20.0 Å². The van der Waals surface area contributed by atoms with E-state index in [0.29, 0.717) is 66.6 Å². The van der Waals surface area contributed by atoms with Gasteiger partial charge in [-0.1, -0.05) is 23.2 Å². The van der Waals surface area contributed by atoms with Crippen LogP contribution < -0.4 is 5.32 Å². The Kier molecular flexibility index (Phi) is 7.95. The number of carboxylic acids is 1. The molecular weight excluding hydrogens is 705 g/mol. The number of aromatic nitrogens is 10. The van der Waals surface area contributed by atoms with Crippen LogP contribution in [0.4, 0.5) is 0 Å². The second-order valence-electron chi connectivity index (χ2n) is 13.3. The maximum atomic E-state index is 12.9. The monoisotopic (exact) mass is 735 g/mol. The molecular formula is C36H31Cl2N11O3. The van der Waals surface area contributed by atoms with Crippen LogP contribution in [-0.2, 0) is 14.1 Å². The van der Waals surface area contributed by atoms with Crippen molar-refractivity contribution in [3.05, 3.63) is 82.4 Å². The summed E-state index contributed by atoms with van der Waals surface area (Å²) in [5, 5.41) is 24.5. The third-order valence-electron chi connectivity index (χ3n) is 9.38. The number of fused-ring (bicyclic) bond motifs is 4. The number of H-pyrrole nitrogens is 2. The summed E-state index contributed by atoms with van der Waals surface area (Å²) in [5.74, 6) is -0.664. The first-order valence-electron chi connectivity index (χ1n) is 16.4. The number of amides is 1. The van der Waals surface area contributed by atoms with E-state index < -0.39 is 5.97 Å². The molecule has 0 bridgehead atoms. The minimum Gasteiger partial charge on any atom is -0.478 e. The Morgan fingerprint density at radius 1 is 0.808 bits per heavy atom. The van der Waals surface area contributed by atoms with Gasteiger partial charge in [0.1, 0.15) is 39.4 Å². The summed E-state index contributed by atoms with van der Waals surface area (Å²) in [7, 11) is 3.68. The lowest BCUT2D eigenvalue weighted by atomic mass is 9.98. The molecule has 0 spiro atoms. The zero-order valence-electron chi connectivity index (χ0n) is 28.4. The van der Waals surface area contributed by atoms with Crippen molar-refractivity contribution in [3.63, 3.8) is 0 Å². The van der Waals surface area contributed by atoms with Crippen molar-refractivity contribution in [2.45, 2.75) is 32.2 Å². The van der Waals surface area contributed by atoms with Crippen molar-refractivity contribution in [1.82, 2.24) is 54.8 Å². The molecule has 262 valence electrons. The average Bonchev–Trinajstić information content (AvgIpc) is 3.48. The summed E-state index contributed by atoms with van der Waals surface area (Å²) in [5.41, 5.74) is 6.42. The molecule has 0 aliphatic heterocycles. The number of aryl methyl sites for hydroxylation is 2. The smallest absolute Gasteiger partial charge is 0.339 e. The molecule has 0 unspecified atom stereocenters. The first kappa shape index (κ1) is 33.3. The molecule has 8 aromatic rings. The van der Waals surface area contributed by atoms with Crippen LogP contribution in [0, 0.1) is 5.92 Å². The van der Waals surface area contributed by atoms with Crippen molar-refractivity contribution in [3.8, 4) is 22.8 Å². The Morgan fingerprint density at radius 2 is 1.29 bits per heavy atom. The molecule has 16 heteroatoms. The highest BCUT2D eigenvalue weighted by Crippen LogP contribution is 2.39. The lowest BCUT2D eigenvalue weighted by Crippen LogP contribution is -2.45. The molecule has 6 heterocycles. The summed E-state index contributed by atoms with van der Waals surface area (Å²) in [6, 6.07) is 11.1. The first-order chi connectivity index (χ1) is 24.9. The number of carbonyl (C=O) groups excluding carboxylic acids is 1. The maximum absolute atomic E-state index is 12.9. The normalized spacial score (nSPS) is 13.2. The number of benzene rings is 2. The molecule has 1 fully saturated rings. The van der Waals surface area contributed by atoms with Gasteiger partial charge >= 0.3 is 5.97 Å². The SMILES string of the molecule is Cn1nc(-c2cnc3[nH]cc(C(=O)NC(C)(C)C4CC4)c3n2)c2ccc(Cl)cc21.Cn1nc(-c2cnc3[nH]cc(C(=O)O)c3n2)c2ccc(Cl)cc21. The zero-order valence-corrected chi connectivity index (χ0v) is 29.9. The number of aromatic amines is 2. The molecule has 1 aliphatic rings. The summed E-state index contributed by atoms with van der Waals surface area (Å²) in [4.78, 5) is 47.9. The Bertz CT molecular complexity index is 2720. The van der Waals surface area contributed by atoms with Gasteiger partial charge in [0, 0.05) is 52.8 Å². The molecule has 1 aliphatic carbocycles. The Morgan fingerprint density at radius 3 is 1.77 bits per heavy atom. The predicted octanol–water partition coefficient (Wildman–Crippen LogP) is 6.95. The number of nitrogens with zero attached hydrogens (tertiary/aromatic N) is 8. The number of nitrogens with one attached hydrogen (secondary N) is 3. The van der Waals surface area contributed by atoms with Gasteiger partial charge in [-0.25, -0.2) is 24.7 Å². The minimum atomic E-state index is -1.06. The van der Waals surface area contributed by atoms with E-state index in [4.69, 9.17) is 28.2 Å². The van der Waals surface area contributed by atoms with E-state index in [0.717, 1.165) is 34.6 Å². The largest absolute Gasteiger partial charge is 0.478 e. The van der Waals surface area contributed by atoms with E-state index >= 15 is 0 Å². The standard InChI is InChI=1S/C21H21ClN6O.C15H10ClN5O2/c1-21(2,11-4-5-11)26-20(29)14-9-23-19-18(14)25-15(10-24-19)17-13-7-6-12(22)8-16(13)28(3)27-17;1-21-11-4-7(16)2-3-8(11)12(20-21)10-6-18-14-13(19-10)9(5-17-14)15(22)23/h6-11H,4-5H2,1-3H3,(H,23,24)(H,26,29);2-6H,1H3,(H,17,18)(H,22,23). The number of carbonyl (C=O) groups is 2. The van der Waals surface area contributed by atoms with Crippen LogP contribution in [0.15, 0.2) is 61.2 Å². The van der Waals surface area contributed by atoms with Gasteiger partial charge in [0.2, 0.25) is 0 Å². The second kappa shape index (κ2) is 12.4. The van der Waals surface area contributed by atoms with Crippen molar-refractivity contribution in [1.29, 1.82) is 0 Å². The fourth-order valence-corrected chi connectivity index (χ4v) is 6.79. The summed E-state index contributed by atoms with van der Waals surface area (Å²) < 4.78 is 3.48. The van der Waals surface area contributed by atoms with Crippen LogP contribution in [0.25, 0.3) is 66.9 Å². The van der Waals surface area contributed by atoms with Crippen LogP contribution in [0.1, 0.15) is 47.4 Å². The first-order valence-corrected chi connectivity index (χ1v) is 17.1. The lowest BCUT2D eigenvalue weighted by Gasteiger charge is -2.25. The minimum absolute atomic E-state index is 0.0811. The molecule has 6 aromatic heterocycles. The fourth-order valence-electron chi connectivity index (χ4n) is 6.45. The summed E-state index contributed by atoms with van der Waals surface area (Å²) in [6.07, 6.45) is 8.60. The third-order valence-corrected chi connectivity index (χ3v) is 9.85. The van der Waals surface area contributed by atoms with Gasteiger partial charge in [-0.15, -0.1) is 0 Å². The van der Waals surface area contributed by atoms with E-state index in [1.165, 1.54) is 6.20 Å². The highest BCUT2D eigenvalue weighted by molar-refractivity contribution is 6.31. The maximum Gasteiger partial charge on any atom is 0.339 e. The molecule has 0 radical (unpaired) electrons. The van der Waals surface area contributed by atoms with Crippen LogP contribution in [-0.4, -0.2) is 72.0 Å². The Hall–Kier alpha value is -5.86. The summed E-state index contributed by atoms with van der Waals surface area (Å²) in [6.45, 7) is 4.14. The molecule has 1 saturated carbocycles. The molecule has 9 rings (SSSR count). The predicted molar refractivity (Wildman–Crippen MR) is 198 cm³/mol. The quantitative estimate of drug-likeness (QED) is 0.140. The van der Waals surface area contributed by atoms with Crippen LogP contribution in [0.2, 0.25) is 10.0 Å². The van der Waals surface area contributed by atoms with Gasteiger partial charge in [0.05, 0.1) is 29.0 Å². The number of hydrogen-bond acceptors (Lipinski definition) is 8. The van der Waals surface area contributed by atoms with Gasteiger partial charge < -0.3 is 20.4 Å². The van der Waals surface area contributed by atoms with Crippen LogP contribution in [0.3, 0.4) is 0 Å². The molecule has 4 N–H and O–H groups in total. The molecule has 14 nitrogen and oxygen atoms in total. The number of carboxylic acid groups (broad SMARTS) is 1. The van der Waals surface area contributed by atoms with Crippen LogP contribution >= 0.6 is 23.2 Å². The topological polar surface area (TPSA) is 185 Å². The zero-order chi connectivity index (χ0) is 36.5. The van der Waals surface area contributed by atoms with Gasteiger partial charge in [-0.2, -0.15) is 10.2 Å². The number of hydrogen-bond donors (Lipinski definition) is 4. The fraction of sp³-hybridized carbons (Fsp3) is 0.222. The van der Waals surface area contributed by atoms with E-state index in [2.05, 4.69) is 54.3 Å². The number of rotatable bonds is 6. The highest BCUT2D eigenvalue weighted by atomic mass is 35.5. The number of aromatic carboxylic acids is 1. The van der Waals surface area contributed by atoms with Gasteiger partial charge in [-0.3, -0.25) is 14.2 Å². The van der Waals surface area contributed by atoms with Crippen LogP contribution in [0.5, 0.6) is 0 Å². The Balaban J connectivity index is 0.000000153. The van der Waals surface area contributed by atoms with Gasteiger partial charge in [0.15, 0.2) is 11.3 Å². The molecule has 1 amide bonds. The third kappa shape index (κ3) is 5.89. The number of halogens is 2. The van der Waals surface area contributed by atoms with E-state index in [1.54, 1.807) is 34.0 Å². The van der Waals surface area contributed by atoms with Crippen molar-refractivity contribution >= 4 is 79.2 Å². The molecule has 2 aromatic carbocycles. The lowest BCUT2D eigenvalue weighted by molar-refractivity contribution is 0.0698. The van der Waals surface area contributed by atoms with Gasteiger partial charge in [-0.05, 0) is 69.0 Å². The average molecular weight is 737 g/mol. The second-order valence-corrected chi connectivity index (χ2v) is 14.2. The van der Waals surface area contributed by atoms with E-state index in [9.17, 15) is 14.7 Å². The van der Waals surface area contributed by atoms with Crippen molar-refractivity contribution in [2.75, 3.05) is 0 Å². The highest BCUT2D eigenvalue weighted by Gasteiger charge is 2.39. The van der Waals surface area contributed by atoms with Crippen molar-refractivity contribution < 1.29 is 14.7 Å². The Labute approximate surface area is 305 Å². The summed E-state index contributed by atoms with van der Waals surface area (Å²) >= 11 is 12.2. The molecule has 0 atom stereocenters. The van der Waals surface area contributed by atoms with E-state index in [1.807, 2.05) is 44.4 Å². The molecule has 0 saturated heterocycles. The molecule has 52 heavy (non-hydrogen) atoms. The van der Waals surface area contributed by atoms with Gasteiger partial charge in [0.25, 0.3) is 5.91 Å². The van der Waals surface area contributed by atoms with E-state index in [-0.39, 0.29) is 17.0 Å².